The van der Waals surface area contributed by atoms with Crippen LogP contribution in [0.25, 0.3) is 0 Å². The average molecular weight is 1050 g/mol. The molecule has 4 heterocycles. The van der Waals surface area contributed by atoms with E-state index in [2.05, 4.69) is 19.6 Å². The molecule has 0 radical (unpaired) electrons. The number of aliphatic hydroxyl groups is 8. The number of carbonyl (C=O) groups is 1. The van der Waals surface area contributed by atoms with E-state index in [9.17, 15) is 63.7 Å². The van der Waals surface area contributed by atoms with Crippen molar-refractivity contribution in [1.82, 2.24) is 0 Å². The molecular formula is C48H74O23S. The number of allylic oxidation sites excluding steroid dienone is 3. The van der Waals surface area contributed by atoms with Gasteiger partial charge in [0.05, 0.1) is 44.2 Å². The van der Waals surface area contributed by atoms with Gasteiger partial charge in [0, 0.05) is 24.4 Å². The molecule has 4 aliphatic carbocycles. The van der Waals surface area contributed by atoms with Gasteiger partial charge < -0.3 is 88.6 Å². The van der Waals surface area contributed by atoms with Crippen LogP contribution in [0.2, 0.25) is 0 Å². The molecule has 25 atom stereocenters. The highest BCUT2D eigenvalue weighted by molar-refractivity contribution is 7.80. The molecule has 0 aromatic carbocycles. The summed E-state index contributed by atoms with van der Waals surface area (Å²) in [6.07, 6.45) is -20.3. The third-order valence-corrected chi connectivity index (χ3v) is 18.1. The molecule has 0 spiro atoms. The maximum absolute atomic E-state index is 13.3. The maximum Gasteiger partial charge on any atom is 0.397 e. The lowest BCUT2D eigenvalue weighted by molar-refractivity contribution is -0.385. The smallest absolute Gasteiger partial charge is 0.397 e. The molecule has 8 aliphatic rings. The number of rotatable bonds is 14. The molecule has 23 nitrogen and oxygen atoms in total. The predicted octanol–water partition coefficient (Wildman–Crippen LogP) is -0.547. The lowest BCUT2D eigenvalue weighted by Gasteiger charge is -2.62. The number of hydrogen-bond donors (Lipinski definition) is 10. The summed E-state index contributed by atoms with van der Waals surface area (Å²) in [6.45, 7) is 14.2. The van der Waals surface area contributed by atoms with Gasteiger partial charge in [0.15, 0.2) is 25.2 Å². The van der Waals surface area contributed by atoms with E-state index in [0.29, 0.717) is 31.3 Å². The molecule has 8 rings (SSSR count). The summed E-state index contributed by atoms with van der Waals surface area (Å²) in [4.78, 5) is 13.3. The molecule has 410 valence electrons. The average Bonchev–Trinajstić information content (AvgIpc) is 3.56. The highest BCUT2D eigenvalue weighted by Gasteiger charge is 2.71. The minimum atomic E-state index is -5.15. The second-order valence-corrected chi connectivity index (χ2v) is 23.2. The van der Waals surface area contributed by atoms with E-state index in [1.807, 2.05) is 26.8 Å². The summed E-state index contributed by atoms with van der Waals surface area (Å²) < 4.78 is 91.3. The Morgan fingerprint density at radius 3 is 2.12 bits per heavy atom. The molecule has 0 amide bonds. The van der Waals surface area contributed by atoms with E-state index in [4.69, 9.17) is 46.8 Å². The summed E-state index contributed by atoms with van der Waals surface area (Å²) in [6, 6.07) is 0. The van der Waals surface area contributed by atoms with Gasteiger partial charge in [0.2, 0.25) is 0 Å². The zero-order valence-corrected chi connectivity index (χ0v) is 42.3. The maximum atomic E-state index is 13.3. The normalized spacial score (nSPS) is 50.3. The Labute approximate surface area is 418 Å². The molecule has 0 aromatic heterocycles. The molecule has 0 bridgehead atoms. The number of carboxylic acid groups (broad SMARTS) is 1. The van der Waals surface area contributed by atoms with Crippen molar-refractivity contribution in [2.75, 3.05) is 26.9 Å². The van der Waals surface area contributed by atoms with Crippen molar-refractivity contribution in [1.29, 1.82) is 0 Å². The van der Waals surface area contributed by atoms with Gasteiger partial charge in [-0.15, -0.1) is 0 Å². The van der Waals surface area contributed by atoms with Crippen molar-refractivity contribution in [3.05, 3.63) is 36.0 Å². The molecule has 4 saturated heterocycles. The Bertz CT molecular complexity index is 2160. The Balaban J connectivity index is 0.990. The first-order valence-electron chi connectivity index (χ1n) is 24.7. The number of methoxy groups -OCH3 is 1. The lowest BCUT2D eigenvalue weighted by atomic mass is 9.42. The Morgan fingerprint density at radius 1 is 0.819 bits per heavy atom. The van der Waals surface area contributed by atoms with Crippen LogP contribution in [-0.4, -0.2) is 209 Å². The summed E-state index contributed by atoms with van der Waals surface area (Å²) >= 11 is 0. The van der Waals surface area contributed by atoms with Crippen LogP contribution in [0.4, 0.5) is 0 Å². The lowest BCUT2D eigenvalue weighted by Crippen LogP contribution is -2.66. The van der Waals surface area contributed by atoms with Crippen molar-refractivity contribution in [2.45, 2.75) is 190 Å². The largest absolute Gasteiger partial charge is 0.481 e. The molecule has 72 heavy (non-hydrogen) atoms. The van der Waals surface area contributed by atoms with Crippen LogP contribution in [0.1, 0.15) is 73.6 Å². The number of aliphatic carboxylic acids is 1. The number of aliphatic hydroxyl groups excluding tert-OH is 8. The zero-order valence-electron chi connectivity index (χ0n) is 41.5. The van der Waals surface area contributed by atoms with Gasteiger partial charge in [-0.1, -0.05) is 63.6 Å². The molecule has 7 unspecified atom stereocenters. The van der Waals surface area contributed by atoms with E-state index in [1.165, 1.54) is 14.0 Å². The monoisotopic (exact) mass is 1050 g/mol. The minimum absolute atomic E-state index is 0.0779. The molecule has 2 saturated carbocycles. The second kappa shape index (κ2) is 20.7. The van der Waals surface area contributed by atoms with Gasteiger partial charge >= 0.3 is 16.4 Å². The molecular weight excluding hydrogens is 977 g/mol. The van der Waals surface area contributed by atoms with E-state index >= 15 is 0 Å². The summed E-state index contributed by atoms with van der Waals surface area (Å²) in [7, 11) is -3.76. The van der Waals surface area contributed by atoms with Crippen molar-refractivity contribution in [2.24, 2.45) is 39.4 Å². The van der Waals surface area contributed by atoms with Crippen LogP contribution >= 0.6 is 0 Å². The topological polar surface area (TPSA) is 346 Å². The molecule has 10 N–H and O–H groups in total. The zero-order chi connectivity index (χ0) is 52.8. The van der Waals surface area contributed by atoms with Crippen molar-refractivity contribution in [3.8, 4) is 0 Å². The quantitative estimate of drug-likeness (QED) is 0.0771. The Morgan fingerprint density at radius 2 is 1.49 bits per heavy atom. The van der Waals surface area contributed by atoms with Gasteiger partial charge in [-0.25, -0.2) is 4.18 Å². The van der Waals surface area contributed by atoms with Crippen LogP contribution in [0.15, 0.2) is 36.0 Å². The van der Waals surface area contributed by atoms with E-state index < -0.39 is 174 Å². The fourth-order valence-electron chi connectivity index (χ4n) is 13.9. The number of hydrogen-bond acceptors (Lipinski definition) is 21. The van der Waals surface area contributed by atoms with Crippen molar-refractivity contribution < 1.29 is 111 Å². The van der Waals surface area contributed by atoms with Gasteiger partial charge in [0.25, 0.3) is 0 Å². The predicted molar refractivity (Wildman–Crippen MR) is 244 cm³/mol. The van der Waals surface area contributed by atoms with Crippen LogP contribution in [-0.2, 0) is 62.0 Å². The summed E-state index contributed by atoms with van der Waals surface area (Å²) in [5, 5.41) is 100. The number of ether oxygens (including phenoxy) is 9. The number of carboxylic acids is 1. The van der Waals surface area contributed by atoms with Crippen LogP contribution in [0.3, 0.4) is 0 Å². The second-order valence-electron chi connectivity index (χ2n) is 22.1. The van der Waals surface area contributed by atoms with Crippen molar-refractivity contribution >= 4 is 16.4 Å². The van der Waals surface area contributed by atoms with E-state index in [0.717, 1.165) is 5.57 Å². The summed E-state index contributed by atoms with van der Waals surface area (Å²) in [5.41, 5.74) is -1.82. The van der Waals surface area contributed by atoms with Gasteiger partial charge in [-0.3, -0.25) is 9.35 Å². The first kappa shape index (κ1) is 56.1. The van der Waals surface area contributed by atoms with Crippen LogP contribution in [0.5, 0.6) is 0 Å². The van der Waals surface area contributed by atoms with Gasteiger partial charge in [-0.2, -0.15) is 8.42 Å². The number of fused-ring (bicyclic) bond motifs is 5. The SMILES string of the molecule is C=C(C)[C@H]1C(O)CC2(C)C3=CCC4C(C)(C)C(OC5OC[C@@H](OS(=O)(=O)O)[C@H](O)[C@H]5OC5O[C@H](C)[C@@H](O[C@@H]6O[C@H](CO)[C@@H](O)[C@H](OC7OCC[C@H](OC)[C@H]7O)[C@H]6O)[C@H](O)[C@H]5O)CC[C@]4(C)[C@H]3C=C[C@]12C(=O)O. The molecule has 6 fully saturated rings. The first-order valence-corrected chi connectivity index (χ1v) is 26.0. The molecule has 4 aliphatic heterocycles. The minimum Gasteiger partial charge on any atom is -0.481 e. The highest BCUT2D eigenvalue weighted by atomic mass is 32.3. The summed E-state index contributed by atoms with van der Waals surface area (Å²) in [5.74, 6) is -1.96. The van der Waals surface area contributed by atoms with Crippen molar-refractivity contribution in [3.63, 3.8) is 0 Å². The van der Waals surface area contributed by atoms with Gasteiger partial charge in [-0.05, 0) is 62.7 Å². The van der Waals surface area contributed by atoms with E-state index in [1.54, 1.807) is 13.0 Å². The fourth-order valence-corrected chi connectivity index (χ4v) is 14.4. The van der Waals surface area contributed by atoms with Crippen LogP contribution in [0, 0.1) is 39.4 Å². The van der Waals surface area contributed by atoms with Crippen LogP contribution < -0.4 is 0 Å². The first-order chi connectivity index (χ1) is 33.7. The third-order valence-electron chi connectivity index (χ3n) is 17.6. The third kappa shape index (κ3) is 9.49. The Kier molecular flexibility index (Phi) is 16.1. The van der Waals surface area contributed by atoms with E-state index in [-0.39, 0.29) is 24.9 Å². The molecule has 0 aromatic rings. The highest BCUT2D eigenvalue weighted by Crippen LogP contribution is 2.71. The fraction of sp³-hybridized carbons (Fsp3) is 0.854. The Hall–Kier alpha value is -2.12. The standard InChI is InChI=1S/C48H74O23S/c1-20(2)30-24(50)17-47(7)23-9-10-28-45(4,5)29(12-14-46(28,6)22(23)11-15-48(30,47)44(57)58)67-43-39(32(52)27(19-64-43)71-72(59,60)61)70-41-35(55)34(54)37(21(3)65-41)68-42-36(56)38(31(51)26(18-49)66-42)69-40-33(53)25(62-8)13-16-63-40/h9,11,15,21-22,24-43,49-56H,1,10,12-14,16-19H2,2-8H3,(H,57,58)(H,59,60,61)/t21-,22+,24?,25+,26-,27-,28?,29?,30+,31-,32+,33-,34-,35-,36-,37-,38+,39-,40?,41?,42+,43?,46-,47?,48-/m1/s1. The van der Waals surface area contributed by atoms with Gasteiger partial charge in [0.1, 0.15) is 72.6 Å². The molecule has 24 heteroatoms.